The molecule has 0 aromatic heterocycles. The van der Waals surface area contributed by atoms with Crippen LogP contribution in [0.15, 0.2) is 42.5 Å². The first-order chi connectivity index (χ1) is 8.70. The van der Waals surface area contributed by atoms with Gasteiger partial charge in [0.05, 0.1) is 5.02 Å². The lowest BCUT2D eigenvalue weighted by Gasteiger charge is -2.08. The summed E-state index contributed by atoms with van der Waals surface area (Å²) in [6.07, 6.45) is 0. The number of rotatable bonds is 3. The van der Waals surface area contributed by atoms with Gasteiger partial charge in [-0.1, -0.05) is 29.8 Å². The third kappa shape index (κ3) is 3.15. The van der Waals surface area contributed by atoms with Crippen LogP contribution in [-0.4, -0.2) is 0 Å². The van der Waals surface area contributed by atoms with E-state index in [9.17, 15) is 0 Å². The van der Waals surface area contributed by atoms with E-state index in [1.165, 1.54) is 3.57 Å². The van der Waals surface area contributed by atoms with Crippen molar-refractivity contribution in [3.63, 3.8) is 0 Å². The van der Waals surface area contributed by atoms with E-state index >= 15 is 0 Å². The van der Waals surface area contributed by atoms with E-state index in [0.29, 0.717) is 22.9 Å². The normalized spacial score (nSPS) is 9.83. The van der Waals surface area contributed by atoms with Crippen molar-refractivity contribution in [2.24, 2.45) is 0 Å². The summed E-state index contributed by atoms with van der Waals surface area (Å²) in [5, 5.41) is 9.43. The minimum Gasteiger partial charge on any atom is -0.487 e. The number of hydrogen-bond acceptors (Lipinski definition) is 2. The van der Waals surface area contributed by atoms with E-state index in [2.05, 4.69) is 28.7 Å². The number of nitriles is 1. The SMILES string of the molecule is N#Cc1c(Cl)cccc1OCc1ccc(I)cc1. The summed E-state index contributed by atoms with van der Waals surface area (Å²) in [7, 11) is 0. The topological polar surface area (TPSA) is 33.0 Å². The highest BCUT2D eigenvalue weighted by Crippen LogP contribution is 2.26. The molecule has 0 aliphatic carbocycles. The number of benzene rings is 2. The number of hydrogen-bond donors (Lipinski definition) is 0. The molecule has 0 radical (unpaired) electrons. The lowest BCUT2D eigenvalue weighted by molar-refractivity contribution is 0.305. The van der Waals surface area contributed by atoms with Gasteiger partial charge in [0.15, 0.2) is 0 Å². The monoisotopic (exact) mass is 369 g/mol. The Balaban J connectivity index is 2.14. The molecule has 0 saturated heterocycles. The molecule has 2 rings (SSSR count). The predicted octanol–water partition coefficient (Wildman–Crippen LogP) is 4.40. The second-order valence-electron chi connectivity index (χ2n) is 3.64. The minimum atomic E-state index is 0.379. The maximum Gasteiger partial charge on any atom is 0.139 e. The number of nitrogens with zero attached hydrogens (tertiary/aromatic N) is 1. The molecule has 18 heavy (non-hydrogen) atoms. The van der Waals surface area contributed by atoms with Crippen LogP contribution in [0.2, 0.25) is 5.02 Å². The molecule has 0 unspecified atom stereocenters. The Bertz CT molecular complexity index is 590. The van der Waals surface area contributed by atoms with Crippen molar-refractivity contribution in [1.82, 2.24) is 0 Å². The smallest absolute Gasteiger partial charge is 0.139 e. The van der Waals surface area contributed by atoms with E-state index in [1.807, 2.05) is 24.3 Å². The molecule has 0 spiro atoms. The highest BCUT2D eigenvalue weighted by Gasteiger charge is 2.07. The van der Waals surface area contributed by atoms with Crippen molar-refractivity contribution < 1.29 is 4.74 Å². The summed E-state index contributed by atoms with van der Waals surface area (Å²) in [4.78, 5) is 0. The summed E-state index contributed by atoms with van der Waals surface area (Å²) in [6, 6.07) is 15.3. The molecule has 90 valence electrons. The second-order valence-corrected chi connectivity index (χ2v) is 5.29. The van der Waals surface area contributed by atoms with Gasteiger partial charge in [0.25, 0.3) is 0 Å². The fraction of sp³-hybridized carbons (Fsp3) is 0.0714. The van der Waals surface area contributed by atoms with E-state index < -0.39 is 0 Å². The van der Waals surface area contributed by atoms with Crippen LogP contribution in [0.5, 0.6) is 5.75 Å². The van der Waals surface area contributed by atoms with Crippen LogP contribution >= 0.6 is 34.2 Å². The third-order valence-corrected chi connectivity index (χ3v) is 3.43. The van der Waals surface area contributed by atoms with Gasteiger partial charge in [0.2, 0.25) is 0 Å². The fourth-order valence-electron chi connectivity index (χ4n) is 1.47. The van der Waals surface area contributed by atoms with Crippen LogP contribution in [0.25, 0.3) is 0 Å². The van der Waals surface area contributed by atoms with Crippen LogP contribution in [-0.2, 0) is 6.61 Å². The molecular formula is C14H9ClINO. The Morgan fingerprint density at radius 3 is 2.56 bits per heavy atom. The molecule has 0 heterocycles. The van der Waals surface area contributed by atoms with Crippen LogP contribution in [0.1, 0.15) is 11.1 Å². The maximum atomic E-state index is 9.02. The Labute approximate surface area is 124 Å². The third-order valence-electron chi connectivity index (χ3n) is 2.39. The molecule has 0 aliphatic heterocycles. The lowest BCUT2D eigenvalue weighted by Crippen LogP contribution is -1.97. The first-order valence-electron chi connectivity index (χ1n) is 5.26. The van der Waals surface area contributed by atoms with Crippen LogP contribution in [0.3, 0.4) is 0 Å². The van der Waals surface area contributed by atoms with Crippen molar-refractivity contribution in [2.45, 2.75) is 6.61 Å². The molecule has 0 fully saturated rings. The van der Waals surface area contributed by atoms with Gasteiger partial charge in [-0.05, 0) is 52.4 Å². The van der Waals surface area contributed by atoms with Gasteiger partial charge in [0, 0.05) is 3.57 Å². The first kappa shape index (κ1) is 13.2. The molecule has 0 atom stereocenters. The highest BCUT2D eigenvalue weighted by atomic mass is 127. The van der Waals surface area contributed by atoms with Crippen molar-refractivity contribution in [2.75, 3.05) is 0 Å². The zero-order valence-electron chi connectivity index (χ0n) is 9.36. The summed E-state index contributed by atoms with van der Waals surface area (Å²) in [5.41, 5.74) is 1.43. The highest BCUT2D eigenvalue weighted by molar-refractivity contribution is 14.1. The zero-order valence-corrected chi connectivity index (χ0v) is 12.3. The Hall–Kier alpha value is -1.25. The van der Waals surface area contributed by atoms with Crippen molar-refractivity contribution in [3.8, 4) is 11.8 Å². The van der Waals surface area contributed by atoms with Crippen molar-refractivity contribution >= 4 is 34.2 Å². The molecule has 2 nitrogen and oxygen atoms in total. The van der Waals surface area contributed by atoms with Gasteiger partial charge in [-0.25, -0.2) is 0 Å². The number of ether oxygens (including phenoxy) is 1. The summed E-state index contributed by atoms with van der Waals surface area (Å²) in [6.45, 7) is 0.423. The first-order valence-corrected chi connectivity index (χ1v) is 6.72. The second kappa shape index (κ2) is 6.07. The minimum absolute atomic E-state index is 0.379. The Kier molecular flexibility index (Phi) is 4.45. The predicted molar refractivity (Wildman–Crippen MR) is 79.7 cm³/mol. The van der Waals surface area contributed by atoms with E-state index in [-0.39, 0.29) is 0 Å². The van der Waals surface area contributed by atoms with Crippen LogP contribution < -0.4 is 4.74 Å². The molecule has 0 aliphatic rings. The quantitative estimate of drug-likeness (QED) is 0.752. The molecule has 0 bridgehead atoms. The fourth-order valence-corrected chi connectivity index (χ4v) is 2.04. The van der Waals surface area contributed by atoms with Gasteiger partial charge < -0.3 is 4.74 Å². The average Bonchev–Trinajstić information content (AvgIpc) is 2.38. The van der Waals surface area contributed by atoms with Crippen LogP contribution in [0.4, 0.5) is 0 Å². The summed E-state index contributed by atoms with van der Waals surface area (Å²) < 4.78 is 6.80. The molecule has 4 heteroatoms. The standard InChI is InChI=1S/C14H9ClINO/c15-13-2-1-3-14(12(13)8-17)18-9-10-4-6-11(16)7-5-10/h1-7H,9H2. The molecule has 0 N–H and O–H groups in total. The zero-order chi connectivity index (χ0) is 13.0. The van der Waals surface area contributed by atoms with Gasteiger partial charge in [0.1, 0.15) is 24.0 Å². The van der Waals surface area contributed by atoms with E-state index in [1.54, 1.807) is 18.2 Å². The van der Waals surface area contributed by atoms with Gasteiger partial charge in [-0.15, -0.1) is 0 Å². The molecular weight excluding hydrogens is 361 g/mol. The van der Waals surface area contributed by atoms with E-state index in [4.69, 9.17) is 21.6 Å². The summed E-state index contributed by atoms with van der Waals surface area (Å²) >= 11 is 8.18. The molecule has 0 amide bonds. The summed E-state index contributed by atoms with van der Waals surface area (Å²) in [5.74, 6) is 0.517. The Morgan fingerprint density at radius 1 is 1.17 bits per heavy atom. The van der Waals surface area contributed by atoms with Crippen molar-refractivity contribution in [1.29, 1.82) is 5.26 Å². The molecule has 0 saturated carbocycles. The van der Waals surface area contributed by atoms with Crippen molar-refractivity contribution in [3.05, 3.63) is 62.2 Å². The molecule has 2 aromatic rings. The van der Waals surface area contributed by atoms with Gasteiger partial charge >= 0.3 is 0 Å². The average molecular weight is 370 g/mol. The van der Waals surface area contributed by atoms with Gasteiger partial charge in [-0.3, -0.25) is 0 Å². The van der Waals surface area contributed by atoms with Gasteiger partial charge in [-0.2, -0.15) is 5.26 Å². The number of halogens is 2. The largest absolute Gasteiger partial charge is 0.487 e. The van der Waals surface area contributed by atoms with Crippen LogP contribution in [0, 0.1) is 14.9 Å². The molecule has 2 aromatic carbocycles. The maximum absolute atomic E-state index is 9.02. The lowest BCUT2D eigenvalue weighted by atomic mass is 10.2. The Morgan fingerprint density at radius 2 is 1.89 bits per heavy atom. The van der Waals surface area contributed by atoms with E-state index in [0.717, 1.165) is 5.56 Å².